The molecular weight excluding hydrogens is 242 g/mol. The van der Waals surface area contributed by atoms with Crippen molar-refractivity contribution >= 4 is 0 Å². The number of hydrogen-bond acceptors (Lipinski definition) is 4. The summed E-state index contributed by atoms with van der Waals surface area (Å²) in [5.41, 5.74) is 7.38. The summed E-state index contributed by atoms with van der Waals surface area (Å²) in [6, 6.07) is 5.63. The number of hydrogen-bond donors (Lipinski definition) is 1. The maximum Gasteiger partial charge on any atom is 0.122 e. The Morgan fingerprint density at radius 2 is 1.74 bits per heavy atom. The Morgan fingerprint density at radius 3 is 2.16 bits per heavy atom. The van der Waals surface area contributed by atoms with Crippen LogP contribution in [0.3, 0.4) is 0 Å². The van der Waals surface area contributed by atoms with Crippen LogP contribution < -0.4 is 15.2 Å². The van der Waals surface area contributed by atoms with Crippen molar-refractivity contribution in [2.75, 3.05) is 20.8 Å². The maximum atomic E-state index is 6.38. The topological polar surface area (TPSA) is 53.7 Å². The van der Waals surface area contributed by atoms with Crippen molar-refractivity contribution in [3.8, 4) is 11.5 Å². The van der Waals surface area contributed by atoms with E-state index in [1.807, 2.05) is 25.1 Å². The molecule has 0 saturated heterocycles. The Bertz CT molecular complexity index is 396. The molecule has 1 aromatic rings. The lowest BCUT2D eigenvalue weighted by Gasteiger charge is -2.24. The van der Waals surface area contributed by atoms with E-state index in [-0.39, 0.29) is 12.1 Å². The lowest BCUT2D eigenvalue weighted by Crippen LogP contribution is -2.31. The van der Waals surface area contributed by atoms with Crippen LogP contribution in [0.25, 0.3) is 0 Å². The minimum atomic E-state index is -0.142. The lowest BCUT2D eigenvalue weighted by molar-refractivity contribution is 0.0282. The first-order chi connectivity index (χ1) is 9.19. The molecule has 1 saturated carbocycles. The highest BCUT2D eigenvalue weighted by molar-refractivity contribution is 5.40. The van der Waals surface area contributed by atoms with Gasteiger partial charge in [0.1, 0.15) is 11.5 Å². The molecule has 0 radical (unpaired) electrons. The van der Waals surface area contributed by atoms with Gasteiger partial charge in [0, 0.05) is 12.7 Å². The van der Waals surface area contributed by atoms with Crippen molar-refractivity contribution in [3.05, 3.63) is 23.8 Å². The van der Waals surface area contributed by atoms with E-state index < -0.39 is 0 Å². The molecule has 1 aliphatic carbocycles. The molecule has 0 aromatic heterocycles. The SMILES string of the molecule is CCOC(C1CC1)C(N)c1cc(OC)cc(OC)c1. The highest BCUT2D eigenvalue weighted by Crippen LogP contribution is 2.40. The van der Waals surface area contributed by atoms with E-state index in [9.17, 15) is 0 Å². The second kappa shape index (κ2) is 6.26. The summed E-state index contributed by atoms with van der Waals surface area (Å²) < 4.78 is 16.4. The number of nitrogens with two attached hydrogens (primary N) is 1. The van der Waals surface area contributed by atoms with Gasteiger partial charge >= 0.3 is 0 Å². The standard InChI is InChI=1S/C15H23NO3/c1-4-19-15(10-5-6-10)14(16)11-7-12(17-2)9-13(8-11)18-3/h7-10,14-15H,4-6,16H2,1-3H3. The molecule has 4 heteroatoms. The van der Waals surface area contributed by atoms with Gasteiger partial charge in [0.15, 0.2) is 0 Å². The van der Waals surface area contributed by atoms with E-state index in [1.54, 1.807) is 14.2 Å². The fourth-order valence-corrected chi connectivity index (χ4v) is 2.36. The van der Waals surface area contributed by atoms with Gasteiger partial charge in [0.05, 0.1) is 26.4 Å². The molecule has 2 unspecified atom stereocenters. The van der Waals surface area contributed by atoms with Crippen molar-refractivity contribution in [1.82, 2.24) is 0 Å². The van der Waals surface area contributed by atoms with Gasteiger partial charge in [0.25, 0.3) is 0 Å². The summed E-state index contributed by atoms with van der Waals surface area (Å²) in [4.78, 5) is 0. The molecule has 1 aromatic carbocycles. The average Bonchev–Trinajstić information content (AvgIpc) is 3.27. The maximum absolute atomic E-state index is 6.38. The first-order valence-corrected chi connectivity index (χ1v) is 6.79. The van der Waals surface area contributed by atoms with E-state index in [0.717, 1.165) is 17.1 Å². The smallest absolute Gasteiger partial charge is 0.122 e. The highest BCUT2D eigenvalue weighted by atomic mass is 16.5. The summed E-state index contributed by atoms with van der Waals surface area (Å²) in [7, 11) is 3.29. The van der Waals surface area contributed by atoms with Gasteiger partial charge in [-0.25, -0.2) is 0 Å². The molecule has 2 N–H and O–H groups in total. The summed E-state index contributed by atoms with van der Waals surface area (Å²) >= 11 is 0. The predicted octanol–water partition coefficient (Wildman–Crippen LogP) is 2.52. The van der Waals surface area contributed by atoms with E-state index in [4.69, 9.17) is 19.9 Å². The Kier molecular flexibility index (Phi) is 4.66. The molecule has 19 heavy (non-hydrogen) atoms. The van der Waals surface area contributed by atoms with Gasteiger partial charge in [0.2, 0.25) is 0 Å². The Morgan fingerprint density at radius 1 is 1.16 bits per heavy atom. The summed E-state index contributed by atoms with van der Waals surface area (Å²) in [5, 5.41) is 0. The van der Waals surface area contributed by atoms with Gasteiger partial charge < -0.3 is 19.9 Å². The number of ether oxygens (including phenoxy) is 3. The van der Waals surface area contributed by atoms with Gasteiger partial charge in [-0.1, -0.05) is 0 Å². The minimum Gasteiger partial charge on any atom is -0.497 e. The lowest BCUT2D eigenvalue weighted by atomic mass is 9.98. The van der Waals surface area contributed by atoms with Gasteiger partial charge in [-0.3, -0.25) is 0 Å². The molecule has 0 aliphatic heterocycles. The Hall–Kier alpha value is -1.26. The highest BCUT2D eigenvalue weighted by Gasteiger charge is 2.36. The summed E-state index contributed by atoms with van der Waals surface area (Å²) in [6.45, 7) is 2.70. The van der Waals surface area contributed by atoms with Crippen LogP contribution in [0.2, 0.25) is 0 Å². The van der Waals surface area contributed by atoms with Crippen molar-refractivity contribution in [1.29, 1.82) is 0 Å². The van der Waals surface area contributed by atoms with Crippen LogP contribution in [0, 0.1) is 5.92 Å². The molecule has 0 heterocycles. The van der Waals surface area contributed by atoms with Crippen LogP contribution in [0.15, 0.2) is 18.2 Å². The minimum absolute atomic E-state index is 0.0850. The molecule has 1 aliphatic rings. The quantitative estimate of drug-likeness (QED) is 0.823. The molecule has 0 spiro atoms. The first kappa shape index (κ1) is 14.2. The number of rotatable bonds is 7. The predicted molar refractivity (Wildman–Crippen MR) is 74.6 cm³/mol. The average molecular weight is 265 g/mol. The van der Waals surface area contributed by atoms with Gasteiger partial charge in [-0.15, -0.1) is 0 Å². The third kappa shape index (κ3) is 3.39. The largest absolute Gasteiger partial charge is 0.497 e. The second-order valence-corrected chi connectivity index (χ2v) is 4.93. The third-order valence-electron chi connectivity index (χ3n) is 3.56. The van der Waals surface area contributed by atoms with Crippen molar-refractivity contribution in [2.45, 2.75) is 31.9 Å². The van der Waals surface area contributed by atoms with Crippen LogP contribution >= 0.6 is 0 Å². The number of benzene rings is 1. The van der Waals surface area contributed by atoms with E-state index >= 15 is 0 Å². The van der Waals surface area contributed by atoms with E-state index in [0.29, 0.717) is 12.5 Å². The van der Waals surface area contributed by atoms with Gasteiger partial charge in [-0.2, -0.15) is 0 Å². The molecule has 0 bridgehead atoms. The van der Waals surface area contributed by atoms with Gasteiger partial charge in [-0.05, 0) is 43.4 Å². The zero-order chi connectivity index (χ0) is 13.8. The van der Waals surface area contributed by atoms with Crippen molar-refractivity contribution < 1.29 is 14.2 Å². The molecule has 0 amide bonds. The fraction of sp³-hybridized carbons (Fsp3) is 0.600. The van der Waals surface area contributed by atoms with Crippen LogP contribution in [0.4, 0.5) is 0 Å². The van der Waals surface area contributed by atoms with Crippen molar-refractivity contribution in [3.63, 3.8) is 0 Å². The molecule has 1 fully saturated rings. The summed E-state index contributed by atoms with van der Waals surface area (Å²) in [6.07, 6.45) is 2.50. The van der Waals surface area contributed by atoms with Crippen LogP contribution in [0.1, 0.15) is 31.4 Å². The second-order valence-electron chi connectivity index (χ2n) is 4.93. The van der Waals surface area contributed by atoms with E-state index in [1.165, 1.54) is 12.8 Å². The first-order valence-electron chi connectivity index (χ1n) is 6.79. The van der Waals surface area contributed by atoms with Crippen LogP contribution in [-0.2, 0) is 4.74 Å². The summed E-state index contributed by atoms with van der Waals surface area (Å²) in [5.74, 6) is 2.11. The monoisotopic (exact) mass is 265 g/mol. The molecule has 106 valence electrons. The zero-order valence-electron chi connectivity index (χ0n) is 11.9. The third-order valence-corrected chi connectivity index (χ3v) is 3.56. The normalized spacial score (nSPS) is 17.9. The fourth-order valence-electron chi connectivity index (χ4n) is 2.36. The molecule has 2 rings (SSSR count). The van der Waals surface area contributed by atoms with Crippen LogP contribution in [0.5, 0.6) is 11.5 Å². The number of methoxy groups -OCH3 is 2. The van der Waals surface area contributed by atoms with Crippen molar-refractivity contribution in [2.24, 2.45) is 11.7 Å². The van der Waals surface area contributed by atoms with Crippen LogP contribution in [-0.4, -0.2) is 26.9 Å². The Balaban J connectivity index is 2.22. The molecular formula is C15H23NO3. The Labute approximate surface area is 114 Å². The van der Waals surface area contributed by atoms with E-state index in [2.05, 4.69) is 0 Å². The molecule has 4 nitrogen and oxygen atoms in total. The zero-order valence-corrected chi connectivity index (χ0v) is 11.9. The molecule has 2 atom stereocenters.